The van der Waals surface area contributed by atoms with Gasteiger partial charge in [0.1, 0.15) is 10.6 Å². The molecule has 0 aliphatic heterocycles. The average Bonchev–Trinajstić information content (AvgIpc) is 2.78. The van der Waals surface area contributed by atoms with Crippen LogP contribution in [0.5, 0.6) is 5.75 Å². The highest BCUT2D eigenvalue weighted by Crippen LogP contribution is 2.25. The largest absolute Gasteiger partial charge is 0.495 e. The van der Waals surface area contributed by atoms with Crippen LogP contribution in [0.25, 0.3) is 0 Å². The van der Waals surface area contributed by atoms with Gasteiger partial charge in [-0.05, 0) is 60.5 Å². The van der Waals surface area contributed by atoms with Gasteiger partial charge in [-0.25, -0.2) is 13.1 Å². The molecule has 7 nitrogen and oxygen atoms in total. The summed E-state index contributed by atoms with van der Waals surface area (Å²) < 4.78 is 33.6. The van der Waals surface area contributed by atoms with Gasteiger partial charge in [-0.3, -0.25) is 9.78 Å². The van der Waals surface area contributed by atoms with Crippen LogP contribution in [0.1, 0.15) is 34.5 Å². The van der Waals surface area contributed by atoms with E-state index in [1.54, 1.807) is 48.8 Å². The summed E-state index contributed by atoms with van der Waals surface area (Å²) in [5.41, 5.74) is 1.83. The second-order valence-corrected chi connectivity index (χ2v) is 8.96. The Morgan fingerprint density at radius 1 is 1.10 bits per heavy atom. The molecule has 1 aromatic heterocycles. The van der Waals surface area contributed by atoms with Crippen LogP contribution in [0, 0.1) is 0 Å². The first-order valence-electron chi connectivity index (χ1n) is 9.43. The van der Waals surface area contributed by atoms with E-state index in [1.165, 1.54) is 25.3 Å². The van der Waals surface area contributed by atoms with Crippen LogP contribution in [-0.4, -0.2) is 26.4 Å². The van der Waals surface area contributed by atoms with Gasteiger partial charge in [-0.1, -0.05) is 23.7 Å². The van der Waals surface area contributed by atoms with E-state index in [1.807, 2.05) is 6.92 Å². The van der Waals surface area contributed by atoms with Gasteiger partial charge in [0.15, 0.2) is 0 Å². The first kappa shape index (κ1) is 22.7. The Morgan fingerprint density at radius 2 is 1.77 bits per heavy atom. The second-order valence-electron chi connectivity index (χ2n) is 6.79. The number of amides is 1. The van der Waals surface area contributed by atoms with E-state index in [4.69, 9.17) is 16.3 Å². The van der Waals surface area contributed by atoms with Crippen molar-refractivity contribution in [3.63, 3.8) is 0 Å². The van der Waals surface area contributed by atoms with Crippen molar-refractivity contribution in [3.05, 3.63) is 88.7 Å². The summed E-state index contributed by atoms with van der Waals surface area (Å²) in [4.78, 5) is 16.6. The molecule has 1 unspecified atom stereocenters. The number of carbonyl (C=O) groups is 1. The van der Waals surface area contributed by atoms with Crippen LogP contribution in [-0.2, 0) is 16.6 Å². The summed E-state index contributed by atoms with van der Waals surface area (Å²) in [6.07, 6.45) is 3.28. The predicted octanol–water partition coefficient (Wildman–Crippen LogP) is 3.71. The highest BCUT2D eigenvalue weighted by atomic mass is 35.5. The number of benzene rings is 2. The van der Waals surface area contributed by atoms with E-state index in [-0.39, 0.29) is 28.8 Å². The first-order chi connectivity index (χ1) is 14.8. The zero-order valence-electron chi connectivity index (χ0n) is 17.0. The number of nitrogens with one attached hydrogen (secondary N) is 2. The third-order valence-corrected chi connectivity index (χ3v) is 6.32. The molecule has 9 heteroatoms. The van der Waals surface area contributed by atoms with Crippen molar-refractivity contribution in [1.82, 2.24) is 15.0 Å². The summed E-state index contributed by atoms with van der Waals surface area (Å²) in [7, 11) is -2.57. The van der Waals surface area contributed by atoms with E-state index in [2.05, 4.69) is 15.0 Å². The minimum absolute atomic E-state index is 0.0676. The molecule has 3 aromatic rings. The zero-order valence-corrected chi connectivity index (χ0v) is 18.6. The standard InChI is InChI=1S/C22H22ClN3O4S/c1-15(17-9-11-24-12-10-17)26-22(27)18-5-8-20(30-2)21(13-18)31(28,29)25-14-16-3-6-19(23)7-4-16/h3-13,15,25H,14H2,1-2H3,(H,26,27). The molecule has 0 saturated carbocycles. The van der Waals surface area contributed by atoms with Gasteiger partial charge in [-0.15, -0.1) is 0 Å². The number of sulfonamides is 1. The third kappa shape index (κ3) is 5.81. The molecular weight excluding hydrogens is 438 g/mol. The Hall–Kier alpha value is -2.94. The fourth-order valence-corrected chi connectivity index (χ4v) is 4.24. The molecule has 162 valence electrons. The van der Waals surface area contributed by atoms with Crippen molar-refractivity contribution < 1.29 is 17.9 Å². The van der Waals surface area contributed by atoms with E-state index < -0.39 is 15.9 Å². The summed E-state index contributed by atoms with van der Waals surface area (Å²) in [6.45, 7) is 1.90. The summed E-state index contributed by atoms with van der Waals surface area (Å²) >= 11 is 5.86. The van der Waals surface area contributed by atoms with Gasteiger partial charge in [0.05, 0.1) is 13.2 Å². The summed E-state index contributed by atoms with van der Waals surface area (Å²) in [6, 6.07) is 14.4. The van der Waals surface area contributed by atoms with E-state index in [0.717, 1.165) is 11.1 Å². The number of hydrogen-bond acceptors (Lipinski definition) is 5. The van der Waals surface area contributed by atoms with Gasteiger partial charge in [0.2, 0.25) is 10.0 Å². The maximum absolute atomic E-state index is 12.9. The quantitative estimate of drug-likeness (QED) is 0.535. The third-order valence-electron chi connectivity index (χ3n) is 4.65. The molecule has 0 spiro atoms. The van der Waals surface area contributed by atoms with E-state index in [0.29, 0.717) is 5.02 Å². The van der Waals surface area contributed by atoms with Gasteiger partial charge < -0.3 is 10.1 Å². The minimum Gasteiger partial charge on any atom is -0.495 e. The van der Waals surface area contributed by atoms with Crippen molar-refractivity contribution in [1.29, 1.82) is 0 Å². The van der Waals surface area contributed by atoms with Crippen molar-refractivity contribution >= 4 is 27.5 Å². The number of methoxy groups -OCH3 is 1. The lowest BCUT2D eigenvalue weighted by molar-refractivity contribution is 0.0939. The lowest BCUT2D eigenvalue weighted by Crippen LogP contribution is -2.28. The number of carbonyl (C=O) groups excluding carboxylic acids is 1. The zero-order chi connectivity index (χ0) is 22.4. The summed E-state index contributed by atoms with van der Waals surface area (Å²) in [5.74, 6) is -0.261. The van der Waals surface area contributed by atoms with Crippen LogP contribution < -0.4 is 14.8 Å². The minimum atomic E-state index is -3.94. The Bertz CT molecular complexity index is 1150. The van der Waals surface area contributed by atoms with Crippen molar-refractivity contribution in [2.24, 2.45) is 0 Å². The van der Waals surface area contributed by atoms with Crippen LogP contribution in [0.15, 0.2) is 71.9 Å². The topological polar surface area (TPSA) is 97.4 Å². The Kier molecular flexibility index (Phi) is 7.27. The molecule has 1 heterocycles. The lowest BCUT2D eigenvalue weighted by atomic mass is 10.1. The van der Waals surface area contributed by atoms with Crippen molar-refractivity contribution in [2.75, 3.05) is 7.11 Å². The molecule has 2 N–H and O–H groups in total. The van der Waals surface area contributed by atoms with E-state index >= 15 is 0 Å². The van der Waals surface area contributed by atoms with Crippen LogP contribution in [0.3, 0.4) is 0 Å². The van der Waals surface area contributed by atoms with Crippen molar-refractivity contribution in [2.45, 2.75) is 24.4 Å². The molecule has 0 aliphatic rings. The number of halogens is 1. The van der Waals surface area contributed by atoms with Crippen LogP contribution in [0.4, 0.5) is 0 Å². The van der Waals surface area contributed by atoms with Gasteiger partial charge in [-0.2, -0.15) is 0 Å². The lowest BCUT2D eigenvalue weighted by Gasteiger charge is -2.16. The van der Waals surface area contributed by atoms with E-state index in [9.17, 15) is 13.2 Å². The number of nitrogens with zero attached hydrogens (tertiary/aromatic N) is 1. The number of ether oxygens (including phenoxy) is 1. The normalized spacial score (nSPS) is 12.2. The maximum atomic E-state index is 12.9. The van der Waals surface area contributed by atoms with Crippen LogP contribution >= 0.6 is 11.6 Å². The molecule has 1 amide bonds. The Morgan fingerprint density at radius 3 is 2.42 bits per heavy atom. The first-order valence-corrected chi connectivity index (χ1v) is 11.3. The number of aromatic nitrogens is 1. The van der Waals surface area contributed by atoms with Gasteiger partial charge in [0.25, 0.3) is 5.91 Å². The fraction of sp³-hybridized carbons (Fsp3) is 0.182. The summed E-state index contributed by atoms with van der Waals surface area (Å²) in [5, 5.41) is 3.42. The predicted molar refractivity (Wildman–Crippen MR) is 119 cm³/mol. The van der Waals surface area contributed by atoms with Crippen molar-refractivity contribution in [3.8, 4) is 5.75 Å². The molecule has 0 bridgehead atoms. The van der Waals surface area contributed by atoms with Gasteiger partial charge >= 0.3 is 0 Å². The molecule has 0 radical (unpaired) electrons. The Labute approximate surface area is 186 Å². The smallest absolute Gasteiger partial charge is 0.251 e. The SMILES string of the molecule is COc1ccc(C(=O)NC(C)c2ccncc2)cc1S(=O)(=O)NCc1ccc(Cl)cc1. The molecular formula is C22H22ClN3O4S. The molecule has 3 rings (SSSR count). The molecule has 2 aromatic carbocycles. The molecule has 0 fully saturated rings. The molecule has 0 saturated heterocycles. The fourth-order valence-electron chi connectivity index (χ4n) is 2.90. The highest BCUT2D eigenvalue weighted by molar-refractivity contribution is 7.89. The molecule has 31 heavy (non-hydrogen) atoms. The monoisotopic (exact) mass is 459 g/mol. The van der Waals surface area contributed by atoms with Gasteiger partial charge in [0, 0.05) is 29.5 Å². The Balaban J connectivity index is 1.80. The number of hydrogen-bond donors (Lipinski definition) is 2. The van der Waals surface area contributed by atoms with Crippen LogP contribution in [0.2, 0.25) is 5.02 Å². The average molecular weight is 460 g/mol. The second kappa shape index (κ2) is 9.91. The number of pyridine rings is 1. The number of rotatable bonds is 8. The maximum Gasteiger partial charge on any atom is 0.251 e. The highest BCUT2D eigenvalue weighted by Gasteiger charge is 2.22. The molecule has 0 aliphatic carbocycles. The molecule has 1 atom stereocenters.